The molecule has 106 valence electrons. The zero-order chi connectivity index (χ0) is 14.4. The summed E-state index contributed by atoms with van der Waals surface area (Å²) in [6.07, 6.45) is 4.63. The van der Waals surface area contributed by atoms with E-state index in [4.69, 9.17) is 10.7 Å². The molecule has 2 N–H and O–H groups in total. The van der Waals surface area contributed by atoms with Crippen molar-refractivity contribution >= 4 is 27.2 Å². The van der Waals surface area contributed by atoms with Gasteiger partial charge in [-0.25, -0.2) is 0 Å². The zero-order valence-electron chi connectivity index (χ0n) is 12.1. The number of benzene rings is 1. The third-order valence-electron chi connectivity index (χ3n) is 4.31. The van der Waals surface area contributed by atoms with Gasteiger partial charge in [-0.2, -0.15) is 0 Å². The number of anilines is 1. The van der Waals surface area contributed by atoms with Gasteiger partial charge in [-0.05, 0) is 49.8 Å². The fourth-order valence-corrected chi connectivity index (χ4v) is 4.19. The molecule has 1 aliphatic carbocycles. The molecule has 0 saturated heterocycles. The molecular weight excluding hydrogens is 276 g/mol. The summed E-state index contributed by atoms with van der Waals surface area (Å²) in [5, 5.41) is 0. The highest BCUT2D eigenvalue weighted by Crippen LogP contribution is 2.39. The van der Waals surface area contributed by atoms with E-state index in [1.54, 1.807) is 11.3 Å². The molecule has 3 heteroatoms. The second-order valence-corrected chi connectivity index (χ2v) is 6.90. The van der Waals surface area contributed by atoms with E-state index in [0.29, 0.717) is 0 Å². The predicted octanol–water partition coefficient (Wildman–Crippen LogP) is 4.73. The molecular formula is C18H18N2S. The molecule has 1 aliphatic rings. The topological polar surface area (TPSA) is 38.9 Å². The van der Waals surface area contributed by atoms with Crippen LogP contribution in [0.2, 0.25) is 0 Å². The first kappa shape index (κ1) is 12.8. The standard InChI is InChI=1S/C18H18N2S/c1-11-6-8-12(9-7-11)16-10-15-18(21-16)17(19)13-4-2-3-5-14(13)20-15/h6-10H,2-5H2,1H3,(H2,19,20). The van der Waals surface area contributed by atoms with Crippen LogP contribution in [0.15, 0.2) is 30.3 Å². The lowest BCUT2D eigenvalue weighted by Crippen LogP contribution is -2.08. The van der Waals surface area contributed by atoms with Gasteiger partial charge in [0.05, 0.1) is 15.9 Å². The van der Waals surface area contributed by atoms with Gasteiger partial charge >= 0.3 is 0 Å². The number of thiophene rings is 1. The highest BCUT2D eigenvalue weighted by atomic mass is 32.1. The van der Waals surface area contributed by atoms with Gasteiger partial charge in [0.25, 0.3) is 0 Å². The van der Waals surface area contributed by atoms with Crippen LogP contribution in [0.4, 0.5) is 5.69 Å². The molecule has 0 bridgehead atoms. The fourth-order valence-electron chi connectivity index (χ4n) is 3.10. The summed E-state index contributed by atoms with van der Waals surface area (Å²) in [5.41, 5.74) is 13.5. The Kier molecular flexibility index (Phi) is 2.96. The van der Waals surface area contributed by atoms with Crippen molar-refractivity contribution in [3.63, 3.8) is 0 Å². The smallest absolute Gasteiger partial charge is 0.0840 e. The molecule has 0 radical (unpaired) electrons. The van der Waals surface area contributed by atoms with E-state index in [9.17, 15) is 0 Å². The molecule has 0 atom stereocenters. The number of pyridine rings is 1. The van der Waals surface area contributed by atoms with Crippen molar-refractivity contribution in [3.8, 4) is 10.4 Å². The molecule has 0 aliphatic heterocycles. The van der Waals surface area contributed by atoms with Crippen molar-refractivity contribution in [3.05, 3.63) is 47.2 Å². The summed E-state index contributed by atoms with van der Waals surface area (Å²) in [5.74, 6) is 0. The average Bonchev–Trinajstić information content (AvgIpc) is 2.92. The Hall–Kier alpha value is -1.87. The Bertz CT molecular complexity index is 815. The van der Waals surface area contributed by atoms with E-state index >= 15 is 0 Å². The minimum absolute atomic E-state index is 0.970. The molecule has 4 rings (SSSR count). The lowest BCUT2D eigenvalue weighted by Gasteiger charge is -2.16. The van der Waals surface area contributed by atoms with Crippen molar-refractivity contribution < 1.29 is 0 Å². The monoisotopic (exact) mass is 294 g/mol. The van der Waals surface area contributed by atoms with Crippen molar-refractivity contribution in [2.75, 3.05) is 5.73 Å². The van der Waals surface area contributed by atoms with Crippen molar-refractivity contribution in [1.82, 2.24) is 4.98 Å². The van der Waals surface area contributed by atoms with E-state index in [0.717, 1.165) is 28.7 Å². The summed E-state index contributed by atoms with van der Waals surface area (Å²) < 4.78 is 1.16. The average molecular weight is 294 g/mol. The molecule has 2 heterocycles. The maximum Gasteiger partial charge on any atom is 0.0840 e. The van der Waals surface area contributed by atoms with Crippen molar-refractivity contribution in [2.45, 2.75) is 32.6 Å². The largest absolute Gasteiger partial charge is 0.397 e. The summed E-state index contributed by atoms with van der Waals surface area (Å²) in [6.45, 7) is 2.11. The molecule has 21 heavy (non-hydrogen) atoms. The molecule has 3 aromatic rings. The van der Waals surface area contributed by atoms with Gasteiger partial charge in [-0.3, -0.25) is 4.98 Å². The highest BCUT2D eigenvalue weighted by Gasteiger charge is 2.18. The maximum atomic E-state index is 6.43. The minimum Gasteiger partial charge on any atom is -0.397 e. The number of nitrogens with two attached hydrogens (primary N) is 1. The van der Waals surface area contributed by atoms with Gasteiger partial charge in [-0.15, -0.1) is 11.3 Å². The van der Waals surface area contributed by atoms with Crippen LogP contribution in [-0.4, -0.2) is 4.98 Å². The van der Waals surface area contributed by atoms with Crippen LogP contribution in [0.3, 0.4) is 0 Å². The first-order chi connectivity index (χ1) is 10.2. The van der Waals surface area contributed by atoms with Crippen molar-refractivity contribution in [2.24, 2.45) is 0 Å². The van der Waals surface area contributed by atoms with E-state index in [2.05, 4.69) is 37.3 Å². The second-order valence-electron chi connectivity index (χ2n) is 5.85. The first-order valence-electron chi connectivity index (χ1n) is 7.50. The number of hydrogen-bond acceptors (Lipinski definition) is 3. The third-order valence-corrected chi connectivity index (χ3v) is 5.52. The Balaban J connectivity index is 1.90. The van der Waals surface area contributed by atoms with Crippen LogP contribution in [-0.2, 0) is 12.8 Å². The number of fused-ring (bicyclic) bond motifs is 2. The Morgan fingerprint density at radius 1 is 1.10 bits per heavy atom. The van der Waals surface area contributed by atoms with Gasteiger partial charge in [-0.1, -0.05) is 29.8 Å². The summed E-state index contributed by atoms with van der Waals surface area (Å²) in [6, 6.07) is 10.9. The van der Waals surface area contributed by atoms with Gasteiger partial charge in [0.1, 0.15) is 0 Å². The SMILES string of the molecule is Cc1ccc(-c2cc3nc4c(c(N)c3s2)CCCC4)cc1. The Morgan fingerprint density at radius 3 is 2.67 bits per heavy atom. The van der Waals surface area contributed by atoms with Gasteiger partial charge in [0, 0.05) is 10.6 Å². The molecule has 0 fully saturated rings. The summed E-state index contributed by atoms with van der Waals surface area (Å²) >= 11 is 1.77. The number of nitrogen functional groups attached to an aromatic ring is 1. The molecule has 2 nitrogen and oxygen atoms in total. The third kappa shape index (κ3) is 2.12. The van der Waals surface area contributed by atoms with Crippen LogP contribution in [0.25, 0.3) is 20.7 Å². The van der Waals surface area contributed by atoms with E-state index in [1.165, 1.54) is 40.1 Å². The van der Waals surface area contributed by atoms with Crippen LogP contribution in [0.5, 0.6) is 0 Å². The Labute approximate surface area is 128 Å². The normalized spacial score (nSPS) is 14.3. The lowest BCUT2D eigenvalue weighted by molar-refractivity contribution is 0.673. The number of aryl methyl sites for hydroxylation is 2. The van der Waals surface area contributed by atoms with E-state index < -0.39 is 0 Å². The van der Waals surface area contributed by atoms with Crippen molar-refractivity contribution in [1.29, 1.82) is 0 Å². The Morgan fingerprint density at radius 2 is 1.86 bits per heavy atom. The van der Waals surface area contributed by atoms with E-state index in [1.807, 2.05) is 0 Å². The predicted molar refractivity (Wildman–Crippen MR) is 90.8 cm³/mol. The number of aromatic nitrogens is 1. The molecule has 0 saturated carbocycles. The zero-order valence-corrected chi connectivity index (χ0v) is 13.0. The lowest BCUT2D eigenvalue weighted by atomic mass is 9.94. The number of rotatable bonds is 1. The fraction of sp³-hybridized carbons (Fsp3) is 0.278. The molecule has 0 amide bonds. The van der Waals surface area contributed by atoms with E-state index in [-0.39, 0.29) is 0 Å². The summed E-state index contributed by atoms with van der Waals surface area (Å²) in [4.78, 5) is 6.13. The number of hydrogen-bond donors (Lipinski definition) is 1. The van der Waals surface area contributed by atoms with Gasteiger partial charge in [0.2, 0.25) is 0 Å². The second kappa shape index (κ2) is 4.85. The molecule has 1 aromatic carbocycles. The van der Waals surface area contributed by atoms with Crippen LogP contribution in [0, 0.1) is 6.92 Å². The van der Waals surface area contributed by atoms with Crippen LogP contribution >= 0.6 is 11.3 Å². The highest BCUT2D eigenvalue weighted by molar-refractivity contribution is 7.22. The summed E-state index contributed by atoms with van der Waals surface area (Å²) in [7, 11) is 0. The van der Waals surface area contributed by atoms with Crippen LogP contribution < -0.4 is 5.73 Å². The molecule has 2 aromatic heterocycles. The van der Waals surface area contributed by atoms with Crippen LogP contribution in [0.1, 0.15) is 29.7 Å². The first-order valence-corrected chi connectivity index (χ1v) is 8.32. The number of nitrogens with zero attached hydrogens (tertiary/aromatic N) is 1. The minimum atomic E-state index is 0.970. The maximum absolute atomic E-state index is 6.43. The van der Waals surface area contributed by atoms with Gasteiger partial charge < -0.3 is 5.73 Å². The van der Waals surface area contributed by atoms with Gasteiger partial charge in [0.15, 0.2) is 0 Å². The molecule has 0 unspecified atom stereocenters. The molecule has 0 spiro atoms. The quantitative estimate of drug-likeness (QED) is 0.704.